The zero-order valence-electron chi connectivity index (χ0n) is 8.00. The largest absolute Gasteiger partial charge is 0.252 e. The summed E-state index contributed by atoms with van der Waals surface area (Å²) in [4.78, 5) is 8.51. The van der Waals surface area contributed by atoms with E-state index in [0.29, 0.717) is 0 Å². The van der Waals surface area contributed by atoms with E-state index in [-0.39, 0.29) is 0 Å². The number of hydrogen-bond donors (Lipinski definition) is 0. The van der Waals surface area contributed by atoms with E-state index < -0.39 is 0 Å². The maximum atomic E-state index is 4.25. The molecule has 4 heteroatoms. The van der Waals surface area contributed by atoms with Crippen molar-refractivity contribution in [1.82, 2.24) is 9.97 Å². The molecule has 0 radical (unpaired) electrons. The molecule has 0 spiro atoms. The van der Waals surface area contributed by atoms with E-state index in [0.717, 1.165) is 11.7 Å². The Bertz CT molecular complexity index is 472. The lowest BCUT2D eigenvalue weighted by Gasteiger charge is -2.14. The van der Waals surface area contributed by atoms with E-state index in [4.69, 9.17) is 0 Å². The zero-order chi connectivity index (χ0) is 10.1. The topological polar surface area (TPSA) is 29.0 Å². The Balaban J connectivity index is 2.05. The normalized spacial score (nSPS) is 14.0. The molecule has 2 aromatic rings. The number of aromatic nitrogens is 2. The lowest BCUT2D eigenvalue weighted by Crippen LogP contribution is -2.05. The van der Waals surface area contributed by atoms with Crippen LogP contribution in [0.25, 0.3) is 0 Å². The van der Waals surface area contributed by atoms with Crippen molar-refractivity contribution >= 4 is 23.6 Å². The molecule has 0 atom stereocenters. The minimum Gasteiger partial charge on any atom is -0.252 e. The van der Waals surface area contributed by atoms with Gasteiger partial charge in [-0.25, -0.2) is 9.97 Å². The van der Waals surface area contributed by atoms with Gasteiger partial charge in [0.2, 0.25) is 5.95 Å². The first-order valence-corrected chi connectivity index (χ1v) is 5.67. The van der Waals surface area contributed by atoms with Gasteiger partial charge in [0, 0.05) is 18.1 Å². The first kappa shape index (κ1) is 8.73. The van der Waals surface area contributed by atoms with Crippen molar-refractivity contribution in [2.75, 3.05) is 4.31 Å². The standard InChI is InChI=1S/C11H9N3S/c1-2-5-10-9(4-1)8-15-14(10)11-12-6-3-7-13-11/h1-7H,8H2. The Kier molecular flexibility index (Phi) is 2.07. The summed E-state index contributed by atoms with van der Waals surface area (Å²) in [6.45, 7) is 0. The molecule has 1 aliphatic heterocycles. The number of anilines is 2. The van der Waals surface area contributed by atoms with Crippen LogP contribution in [0.2, 0.25) is 0 Å². The highest BCUT2D eigenvalue weighted by atomic mass is 32.2. The number of rotatable bonds is 1. The molecule has 1 aromatic heterocycles. The lowest BCUT2D eigenvalue weighted by molar-refractivity contribution is 1.13. The fraction of sp³-hybridized carbons (Fsp3) is 0.0909. The molecule has 0 bridgehead atoms. The monoisotopic (exact) mass is 215 g/mol. The summed E-state index contributed by atoms with van der Waals surface area (Å²) < 4.78 is 2.08. The minimum atomic E-state index is 0.757. The van der Waals surface area contributed by atoms with Crippen LogP contribution < -0.4 is 4.31 Å². The van der Waals surface area contributed by atoms with Crippen LogP contribution in [0.1, 0.15) is 5.56 Å². The van der Waals surface area contributed by atoms with Gasteiger partial charge in [0.1, 0.15) is 0 Å². The molecular weight excluding hydrogens is 206 g/mol. The average molecular weight is 215 g/mol. The second kappa shape index (κ2) is 3.55. The van der Waals surface area contributed by atoms with Crippen molar-refractivity contribution < 1.29 is 0 Å². The lowest BCUT2D eigenvalue weighted by atomic mass is 10.2. The predicted molar refractivity (Wildman–Crippen MR) is 61.9 cm³/mol. The van der Waals surface area contributed by atoms with Crippen LogP contribution in [-0.2, 0) is 5.75 Å². The molecule has 0 fully saturated rings. The molecule has 2 heterocycles. The first-order chi connectivity index (χ1) is 7.45. The molecule has 0 unspecified atom stereocenters. The number of hydrogen-bond acceptors (Lipinski definition) is 4. The molecular formula is C11H9N3S. The third-order valence-corrected chi connectivity index (χ3v) is 3.35. The molecule has 74 valence electrons. The summed E-state index contributed by atoms with van der Waals surface area (Å²) in [5, 5.41) is 0. The number of nitrogens with zero attached hydrogens (tertiary/aromatic N) is 3. The van der Waals surface area contributed by atoms with Crippen molar-refractivity contribution in [2.24, 2.45) is 0 Å². The molecule has 0 saturated heterocycles. The molecule has 0 saturated carbocycles. The molecule has 15 heavy (non-hydrogen) atoms. The van der Waals surface area contributed by atoms with E-state index in [1.807, 2.05) is 12.1 Å². The van der Waals surface area contributed by atoms with Gasteiger partial charge in [-0.1, -0.05) is 18.2 Å². The van der Waals surface area contributed by atoms with Gasteiger partial charge in [-0.15, -0.1) is 0 Å². The van der Waals surface area contributed by atoms with E-state index >= 15 is 0 Å². The molecule has 1 aromatic carbocycles. The summed E-state index contributed by atoms with van der Waals surface area (Å²) in [5.41, 5.74) is 2.55. The molecule has 3 rings (SSSR count). The first-order valence-electron chi connectivity index (χ1n) is 4.73. The maximum Gasteiger partial charge on any atom is 0.240 e. The van der Waals surface area contributed by atoms with Gasteiger partial charge in [-0.05, 0) is 29.6 Å². The van der Waals surface area contributed by atoms with Crippen LogP contribution in [-0.4, -0.2) is 9.97 Å². The highest BCUT2D eigenvalue weighted by molar-refractivity contribution is 8.00. The van der Waals surface area contributed by atoms with Gasteiger partial charge in [-0.3, -0.25) is 4.31 Å². The van der Waals surface area contributed by atoms with Crippen LogP contribution >= 0.6 is 11.9 Å². The summed E-state index contributed by atoms with van der Waals surface area (Å²) in [6, 6.07) is 10.2. The number of fused-ring (bicyclic) bond motifs is 1. The van der Waals surface area contributed by atoms with Crippen molar-refractivity contribution in [1.29, 1.82) is 0 Å². The molecule has 0 aliphatic carbocycles. The third-order valence-electron chi connectivity index (χ3n) is 2.29. The summed E-state index contributed by atoms with van der Waals surface area (Å²) in [6.07, 6.45) is 3.54. The Labute approximate surface area is 92.3 Å². The number of benzene rings is 1. The summed E-state index contributed by atoms with van der Waals surface area (Å²) in [5.74, 6) is 1.75. The third kappa shape index (κ3) is 1.47. The minimum absolute atomic E-state index is 0.757. The smallest absolute Gasteiger partial charge is 0.240 e. The molecule has 1 aliphatic rings. The second-order valence-corrected chi connectivity index (χ2v) is 4.16. The summed E-state index contributed by atoms with van der Waals surface area (Å²) >= 11 is 1.73. The quantitative estimate of drug-likeness (QED) is 0.684. The average Bonchev–Trinajstić information content (AvgIpc) is 2.74. The summed E-state index contributed by atoms with van der Waals surface area (Å²) in [7, 11) is 0. The fourth-order valence-electron chi connectivity index (χ4n) is 1.60. The van der Waals surface area contributed by atoms with Crippen LogP contribution in [0.5, 0.6) is 0 Å². The van der Waals surface area contributed by atoms with Gasteiger partial charge in [0.25, 0.3) is 0 Å². The highest BCUT2D eigenvalue weighted by Gasteiger charge is 2.22. The van der Waals surface area contributed by atoms with Gasteiger partial charge in [-0.2, -0.15) is 0 Å². The Morgan fingerprint density at radius 2 is 1.87 bits per heavy atom. The fourth-order valence-corrected chi connectivity index (χ4v) is 2.64. The molecule has 0 amide bonds. The van der Waals surface area contributed by atoms with Gasteiger partial charge in [0.15, 0.2) is 0 Å². The van der Waals surface area contributed by atoms with Crippen molar-refractivity contribution in [3.63, 3.8) is 0 Å². The van der Waals surface area contributed by atoms with Crippen LogP contribution in [0.4, 0.5) is 11.6 Å². The molecule has 0 N–H and O–H groups in total. The second-order valence-electron chi connectivity index (χ2n) is 3.25. The maximum absolute atomic E-state index is 4.25. The van der Waals surface area contributed by atoms with Crippen LogP contribution in [0.3, 0.4) is 0 Å². The predicted octanol–water partition coefficient (Wildman–Crippen LogP) is 2.78. The van der Waals surface area contributed by atoms with E-state index in [1.54, 1.807) is 24.3 Å². The van der Waals surface area contributed by atoms with Crippen molar-refractivity contribution in [3.8, 4) is 0 Å². The van der Waals surface area contributed by atoms with Crippen LogP contribution in [0.15, 0.2) is 42.7 Å². The SMILES string of the molecule is c1cnc(N2SCc3ccccc32)nc1. The zero-order valence-corrected chi connectivity index (χ0v) is 8.81. The number of para-hydroxylation sites is 1. The van der Waals surface area contributed by atoms with E-state index in [1.165, 1.54) is 11.3 Å². The molecule has 3 nitrogen and oxygen atoms in total. The highest BCUT2D eigenvalue weighted by Crippen LogP contribution is 2.41. The van der Waals surface area contributed by atoms with Crippen LogP contribution in [0, 0.1) is 0 Å². The van der Waals surface area contributed by atoms with Gasteiger partial charge >= 0.3 is 0 Å². The Hall–Kier alpha value is -1.55. The Morgan fingerprint density at radius 1 is 1.07 bits per heavy atom. The Morgan fingerprint density at radius 3 is 2.73 bits per heavy atom. The van der Waals surface area contributed by atoms with Crippen molar-refractivity contribution in [3.05, 3.63) is 48.3 Å². The van der Waals surface area contributed by atoms with Crippen molar-refractivity contribution in [2.45, 2.75) is 5.75 Å². The van der Waals surface area contributed by atoms with E-state index in [2.05, 4.69) is 32.5 Å². The van der Waals surface area contributed by atoms with E-state index in [9.17, 15) is 0 Å². The van der Waals surface area contributed by atoms with Gasteiger partial charge in [0.05, 0.1) is 5.69 Å². The van der Waals surface area contributed by atoms with Gasteiger partial charge < -0.3 is 0 Å².